The van der Waals surface area contributed by atoms with Gasteiger partial charge in [-0.25, -0.2) is 4.98 Å². The molecular formula is C12H13Cl2N3. The van der Waals surface area contributed by atoms with Gasteiger partial charge >= 0.3 is 0 Å². The number of nitrogens with two attached hydrogens (primary N) is 1. The molecule has 2 aromatic rings. The molecule has 0 saturated heterocycles. The lowest BCUT2D eigenvalue weighted by Crippen LogP contribution is -2.10. The first-order chi connectivity index (χ1) is 8.11. The minimum Gasteiger partial charge on any atom is -0.327 e. The van der Waals surface area contributed by atoms with E-state index in [0.717, 1.165) is 17.1 Å². The van der Waals surface area contributed by atoms with Gasteiger partial charge < -0.3 is 10.3 Å². The molecule has 0 aliphatic heterocycles. The van der Waals surface area contributed by atoms with Crippen LogP contribution in [-0.4, -0.2) is 9.55 Å². The summed E-state index contributed by atoms with van der Waals surface area (Å²) in [4.78, 5) is 4.24. The Kier molecular flexibility index (Phi) is 3.72. The van der Waals surface area contributed by atoms with Gasteiger partial charge in [-0.05, 0) is 30.7 Å². The van der Waals surface area contributed by atoms with Gasteiger partial charge in [-0.15, -0.1) is 0 Å². The normalized spacial score (nSPS) is 10.8. The zero-order valence-corrected chi connectivity index (χ0v) is 11.0. The number of rotatable bonds is 3. The molecule has 1 heterocycles. The summed E-state index contributed by atoms with van der Waals surface area (Å²) in [5.74, 6) is 0.918. The fourth-order valence-corrected chi connectivity index (χ4v) is 2.10. The molecule has 0 bridgehead atoms. The number of aromatic nitrogens is 2. The van der Waals surface area contributed by atoms with Crippen LogP contribution in [0.25, 0.3) is 0 Å². The van der Waals surface area contributed by atoms with Gasteiger partial charge in [0.1, 0.15) is 5.82 Å². The lowest BCUT2D eigenvalue weighted by Gasteiger charge is -2.11. The first-order valence-corrected chi connectivity index (χ1v) is 6.02. The number of hydrogen-bond donors (Lipinski definition) is 1. The minimum atomic E-state index is 0.457. The van der Waals surface area contributed by atoms with Gasteiger partial charge in [-0.1, -0.05) is 23.2 Å². The summed E-state index contributed by atoms with van der Waals surface area (Å²) < 4.78 is 2.04. The molecule has 0 spiro atoms. The van der Waals surface area contributed by atoms with E-state index < -0.39 is 0 Å². The third-order valence-corrected chi connectivity index (χ3v) is 3.29. The second kappa shape index (κ2) is 5.08. The molecule has 0 saturated carbocycles. The average Bonchev–Trinajstić information content (AvgIpc) is 2.65. The van der Waals surface area contributed by atoms with Crippen molar-refractivity contribution in [2.45, 2.75) is 20.0 Å². The Morgan fingerprint density at radius 2 is 2.12 bits per heavy atom. The van der Waals surface area contributed by atoms with Crippen LogP contribution in [0, 0.1) is 6.92 Å². The summed E-state index contributed by atoms with van der Waals surface area (Å²) in [7, 11) is 0. The van der Waals surface area contributed by atoms with E-state index in [2.05, 4.69) is 4.98 Å². The molecular weight excluding hydrogens is 257 g/mol. The van der Waals surface area contributed by atoms with Gasteiger partial charge in [-0.3, -0.25) is 0 Å². The maximum atomic E-state index is 6.14. The zero-order valence-electron chi connectivity index (χ0n) is 9.45. The highest BCUT2D eigenvalue weighted by atomic mass is 35.5. The highest BCUT2D eigenvalue weighted by Gasteiger charge is 2.08. The van der Waals surface area contributed by atoms with Crippen LogP contribution in [0.5, 0.6) is 0 Å². The molecule has 3 nitrogen and oxygen atoms in total. The molecule has 0 amide bonds. The van der Waals surface area contributed by atoms with Gasteiger partial charge in [0.15, 0.2) is 0 Å². The van der Waals surface area contributed by atoms with Crippen LogP contribution >= 0.6 is 23.2 Å². The van der Waals surface area contributed by atoms with E-state index in [4.69, 9.17) is 28.9 Å². The third kappa shape index (κ3) is 2.63. The largest absolute Gasteiger partial charge is 0.327 e. The molecule has 0 radical (unpaired) electrons. The third-order valence-electron chi connectivity index (χ3n) is 2.68. The first-order valence-electron chi connectivity index (χ1n) is 5.27. The molecule has 0 aliphatic rings. The number of imidazole rings is 1. The molecule has 0 unspecified atom stereocenters. The smallest absolute Gasteiger partial charge is 0.106 e. The lowest BCUT2D eigenvalue weighted by atomic mass is 10.2. The Balaban J connectivity index is 2.37. The second-order valence-electron chi connectivity index (χ2n) is 3.82. The predicted octanol–water partition coefficient (Wildman–Crippen LogP) is 3.01. The number of halogens is 2. The molecule has 1 aromatic heterocycles. The van der Waals surface area contributed by atoms with E-state index in [1.165, 1.54) is 0 Å². The van der Waals surface area contributed by atoms with Crippen molar-refractivity contribution < 1.29 is 0 Å². The Hall–Kier alpha value is -1.03. The van der Waals surface area contributed by atoms with Gasteiger partial charge in [-0.2, -0.15) is 0 Å². The van der Waals surface area contributed by atoms with Crippen molar-refractivity contribution in [1.29, 1.82) is 0 Å². The maximum Gasteiger partial charge on any atom is 0.106 e. The van der Waals surface area contributed by atoms with Crippen molar-refractivity contribution in [2.24, 2.45) is 5.73 Å². The Morgan fingerprint density at radius 3 is 2.82 bits per heavy atom. The molecule has 5 heteroatoms. The van der Waals surface area contributed by atoms with Crippen molar-refractivity contribution in [2.75, 3.05) is 0 Å². The SMILES string of the molecule is Cc1ncc(CN)n1Cc1cc(Cl)ccc1Cl. The van der Waals surface area contributed by atoms with Gasteiger partial charge in [0.05, 0.1) is 12.2 Å². The van der Waals surface area contributed by atoms with E-state index in [-0.39, 0.29) is 0 Å². The molecule has 2 rings (SSSR count). The van der Waals surface area contributed by atoms with Gasteiger partial charge in [0.25, 0.3) is 0 Å². The van der Waals surface area contributed by atoms with Crippen molar-refractivity contribution in [3.8, 4) is 0 Å². The van der Waals surface area contributed by atoms with Crippen molar-refractivity contribution in [1.82, 2.24) is 9.55 Å². The summed E-state index contributed by atoms with van der Waals surface area (Å²) in [6.07, 6.45) is 1.79. The summed E-state index contributed by atoms with van der Waals surface area (Å²) in [6, 6.07) is 5.44. The summed E-state index contributed by atoms with van der Waals surface area (Å²) in [5, 5.41) is 1.38. The lowest BCUT2D eigenvalue weighted by molar-refractivity contribution is 0.714. The standard InChI is InChI=1S/C12H13Cl2N3/c1-8-16-6-11(5-15)17(8)7-9-4-10(13)2-3-12(9)14/h2-4,6H,5,7,15H2,1H3. The van der Waals surface area contributed by atoms with Crippen LogP contribution in [0.1, 0.15) is 17.1 Å². The molecule has 1 aromatic carbocycles. The molecule has 17 heavy (non-hydrogen) atoms. The van der Waals surface area contributed by atoms with Gasteiger partial charge in [0.2, 0.25) is 0 Å². The number of nitrogens with zero attached hydrogens (tertiary/aromatic N) is 2. The zero-order chi connectivity index (χ0) is 12.4. The van der Waals surface area contributed by atoms with Crippen LogP contribution in [0.2, 0.25) is 10.0 Å². The predicted molar refractivity (Wildman–Crippen MR) is 70.4 cm³/mol. The number of hydrogen-bond acceptors (Lipinski definition) is 2. The quantitative estimate of drug-likeness (QED) is 0.931. The van der Waals surface area contributed by atoms with E-state index in [1.807, 2.05) is 17.6 Å². The van der Waals surface area contributed by atoms with Crippen molar-refractivity contribution in [3.05, 3.63) is 51.5 Å². The Bertz CT molecular complexity index is 535. The van der Waals surface area contributed by atoms with Crippen LogP contribution in [0.3, 0.4) is 0 Å². The van der Waals surface area contributed by atoms with Crippen LogP contribution in [-0.2, 0) is 13.1 Å². The van der Waals surface area contributed by atoms with E-state index in [1.54, 1.807) is 18.3 Å². The Morgan fingerprint density at radius 1 is 1.35 bits per heavy atom. The fraction of sp³-hybridized carbons (Fsp3) is 0.250. The molecule has 0 atom stereocenters. The van der Waals surface area contributed by atoms with Crippen LogP contribution in [0.4, 0.5) is 0 Å². The minimum absolute atomic E-state index is 0.457. The monoisotopic (exact) mass is 269 g/mol. The molecule has 2 N–H and O–H groups in total. The number of benzene rings is 1. The highest BCUT2D eigenvalue weighted by Crippen LogP contribution is 2.22. The summed E-state index contributed by atoms with van der Waals surface area (Å²) in [6.45, 7) is 3.04. The Labute approximate surface area is 110 Å². The molecule has 0 fully saturated rings. The topological polar surface area (TPSA) is 43.8 Å². The molecule has 90 valence electrons. The van der Waals surface area contributed by atoms with Crippen molar-refractivity contribution in [3.63, 3.8) is 0 Å². The maximum absolute atomic E-state index is 6.14. The van der Waals surface area contributed by atoms with E-state index in [9.17, 15) is 0 Å². The summed E-state index contributed by atoms with van der Waals surface area (Å²) >= 11 is 12.1. The summed E-state index contributed by atoms with van der Waals surface area (Å²) in [5.41, 5.74) is 7.62. The van der Waals surface area contributed by atoms with E-state index in [0.29, 0.717) is 23.1 Å². The molecule has 0 aliphatic carbocycles. The highest BCUT2D eigenvalue weighted by molar-refractivity contribution is 6.33. The average molecular weight is 270 g/mol. The van der Waals surface area contributed by atoms with E-state index >= 15 is 0 Å². The van der Waals surface area contributed by atoms with Crippen LogP contribution in [0.15, 0.2) is 24.4 Å². The first kappa shape index (κ1) is 12.4. The second-order valence-corrected chi connectivity index (χ2v) is 4.67. The van der Waals surface area contributed by atoms with Crippen molar-refractivity contribution >= 4 is 23.2 Å². The van der Waals surface area contributed by atoms with Gasteiger partial charge in [0, 0.05) is 22.8 Å². The number of aryl methyl sites for hydroxylation is 1. The fourth-order valence-electron chi connectivity index (χ4n) is 1.73. The van der Waals surface area contributed by atoms with Crippen LogP contribution < -0.4 is 5.73 Å².